The highest BCUT2D eigenvalue weighted by Crippen LogP contribution is 2.37. The van der Waals surface area contributed by atoms with Crippen molar-refractivity contribution in [2.24, 2.45) is 5.10 Å². The number of fused-ring (bicyclic) bond motifs is 1. The predicted octanol–water partition coefficient (Wildman–Crippen LogP) is 4.70. The molecule has 1 heterocycles. The summed E-state index contributed by atoms with van der Waals surface area (Å²) in [5.74, 6) is -0.440. The smallest absolute Gasteiger partial charge is 0.274 e. The molecule has 2 N–H and O–H groups in total. The standard InChI is InChI=1S/C21H25N3O2S/c1-13(2)23-24-20(26)18-16-11-5-4-6-12-17(16)27-21(18)22-19(25)15-10-8-7-9-14(15)3/h7-10H,4-6,11-12H2,1-3H3,(H,22,25)(H,24,26). The van der Waals surface area contributed by atoms with Crippen LogP contribution in [0, 0.1) is 6.92 Å². The van der Waals surface area contributed by atoms with Gasteiger partial charge >= 0.3 is 0 Å². The van der Waals surface area contributed by atoms with Crippen molar-refractivity contribution in [3.63, 3.8) is 0 Å². The number of nitrogens with zero attached hydrogens (tertiary/aromatic N) is 1. The van der Waals surface area contributed by atoms with E-state index in [1.165, 1.54) is 22.6 Å². The molecule has 0 unspecified atom stereocenters. The third-order valence-corrected chi connectivity index (χ3v) is 5.85. The third kappa shape index (κ3) is 4.45. The van der Waals surface area contributed by atoms with Gasteiger partial charge in [-0.25, -0.2) is 5.43 Å². The molecule has 5 nitrogen and oxygen atoms in total. The minimum Gasteiger partial charge on any atom is -0.313 e. The van der Waals surface area contributed by atoms with E-state index in [4.69, 9.17) is 0 Å². The molecule has 1 aromatic carbocycles. The molecule has 3 rings (SSSR count). The van der Waals surface area contributed by atoms with Crippen LogP contribution in [0.5, 0.6) is 0 Å². The van der Waals surface area contributed by atoms with Crippen LogP contribution in [0.3, 0.4) is 0 Å². The first-order chi connectivity index (χ1) is 13.0. The number of rotatable bonds is 4. The lowest BCUT2D eigenvalue weighted by Gasteiger charge is -2.09. The summed E-state index contributed by atoms with van der Waals surface area (Å²) >= 11 is 1.53. The minimum absolute atomic E-state index is 0.186. The van der Waals surface area contributed by atoms with E-state index in [9.17, 15) is 9.59 Å². The van der Waals surface area contributed by atoms with Crippen LogP contribution in [-0.4, -0.2) is 17.5 Å². The molecule has 0 fully saturated rings. The van der Waals surface area contributed by atoms with Crippen molar-refractivity contribution in [3.8, 4) is 0 Å². The lowest BCUT2D eigenvalue weighted by atomic mass is 10.0. The number of thiophene rings is 1. The molecule has 0 bridgehead atoms. The highest BCUT2D eigenvalue weighted by molar-refractivity contribution is 7.17. The van der Waals surface area contributed by atoms with Gasteiger partial charge in [-0.15, -0.1) is 11.3 Å². The van der Waals surface area contributed by atoms with E-state index in [0.717, 1.165) is 42.5 Å². The van der Waals surface area contributed by atoms with Crippen LogP contribution in [0.1, 0.15) is 69.8 Å². The Hall–Kier alpha value is -2.47. The predicted molar refractivity (Wildman–Crippen MR) is 111 cm³/mol. The van der Waals surface area contributed by atoms with Gasteiger partial charge in [-0.1, -0.05) is 24.6 Å². The topological polar surface area (TPSA) is 70.6 Å². The maximum atomic E-state index is 12.8. The molecule has 0 radical (unpaired) electrons. The lowest BCUT2D eigenvalue weighted by molar-refractivity contribution is 0.0955. The SMILES string of the molecule is CC(C)=NNC(=O)c1c(NC(=O)c2ccccc2C)sc2c1CCCCC2. The number of hydrogen-bond acceptors (Lipinski definition) is 4. The Labute approximate surface area is 163 Å². The largest absolute Gasteiger partial charge is 0.313 e. The van der Waals surface area contributed by atoms with Gasteiger partial charge in [0, 0.05) is 16.2 Å². The Morgan fingerprint density at radius 3 is 2.52 bits per heavy atom. The van der Waals surface area contributed by atoms with Crippen molar-refractivity contribution < 1.29 is 9.59 Å². The van der Waals surface area contributed by atoms with Crippen molar-refractivity contribution in [1.82, 2.24) is 5.43 Å². The fraction of sp³-hybridized carbons (Fsp3) is 0.381. The van der Waals surface area contributed by atoms with Gasteiger partial charge in [-0.2, -0.15) is 5.10 Å². The molecule has 0 spiro atoms. The van der Waals surface area contributed by atoms with Gasteiger partial charge in [-0.3, -0.25) is 9.59 Å². The molecule has 1 aliphatic carbocycles. The highest BCUT2D eigenvalue weighted by Gasteiger charge is 2.26. The molecule has 2 amide bonds. The molecule has 27 heavy (non-hydrogen) atoms. The number of hydrazone groups is 1. The summed E-state index contributed by atoms with van der Waals surface area (Å²) in [6.45, 7) is 5.56. The molecule has 142 valence electrons. The second-order valence-corrected chi connectivity index (χ2v) is 8.14. The first-order valence-electron chi connectivity index (χ1n) is 9.30. The number of carbonyl (C=O) groups is 2. The van der Waals surface area contributed by atoms with Crippen molar-refractivity contribution in [1.29, 1.82) is 0 Å². The average Bonchev–Trinajstić information content (AvgIpc) is 2.81. The number of hydrogen-bond donors (Lipinski definition) is 2. The molecule has 0 aliphatic heterocycles. The Kier molecular flexibility index (Phi) is 6.06. The second-order valence-electron chi connectivity index (χ2n) is 7.04. The zero-order valence-electron chi connectivity index (χ0n) is 16.0. The van der Waals surface area contributed by atoms with Crippen LogP contribution in [0.2, 0.25) is 0 Å². The van der Waals surface area contributed by atoms with Gasteiger partial charge in [0.2, 0.25) is 0 Å². The van der Waals surface area contributed by atoms with E-state index in [0.29, 0.717) is 16.1 Å². The van der Waals surface area contributed by atoms with Gasteiger partial charge in [0.1, 0.15) is 5.00 Å². The number of anilines is 1. The van der Waals surface area contributed by atoms with E-state index in [1.807, 2.05) is 39.0 Å². The summed E-state index contributed by atoms with van der Waals surface area (Å²) in [7, 11) is 0. The van der Waals surface area contributed by atoms with Crippen LogP contribution < -0.4 is 10.7 Å². The van der Waals surface area contributed by atoms with Crippen molar-refractivity contribution >= 4 is 33.9 Å². The van der Waals surface area contributed by atoms with Crippen molar-refractivity contribution in [3.05, 3.63) is 51.4 Å². The molecular formula is C21H25N3O2S. The summed E-state index contributed by atoms with van der Waals surface area (Å²) in [5, 5.41) is 7.66. The summed E-state index contributed by atoms with van der Waals surface area (Å²) in [6.07, 6.45) is 5.16. The van der Waals surface area contributed by atoms with Gasteiger partial charge < -0.3 is 5.32 Å². The van der Waals surface area contributed by atoms with E-state index in [-0.39, 0.29) is 11.8 Å². The molecule has 1 aliphatic rings. The zero-order chi connectivity index (χ0) is 19.4. The van der Waals surface area contributed by atoms with Crippen LogP contribution in [-0.2, 0) is 12.8 Å². The summed E-state index contributed by atoms with van der Waals surface area (Å²) in [4.78, 5) is 26.8. The van der Waals surface area contributed by atoms with Crippen molar-refractivity contribution in [2.45, 2.75) is 52.9 Å². The Morgan fingerprint density at radius 2 is 1.78 bits per heavy atom. The molecule has 1 aromatic heterocycles. The molecule has 0 saturated carbocycles. The number of carbonyl (C=O) groups excluding carboxylic acids is 2. The van der Waals surface area contributed by atoms with E-state index >= 15 is 0 Å². The lowest BCUT2D eigenvalue weighted by Crippen LogP contribution is -2.22. The minimum atomic E-state index is -0.254. The van der Waals surface area contributed by atoms with Gasteiger partial charge in [0.05, 0.1) is 5.56 Å². The summed E-state index contributed by atoms with van der Waals surface area (Å²) in [5.41, 5.74) is 6.57. The Balaban J connectivity index is 1.96. The van der Waals surface area contributed by atoms with Crippen LogP contribution in [0.25, 0.3) is 0 Å². The number of benzene rings is 1. The summed E-state index contributed by atoms with van der Waals surface area (Å²) in [6, 6.07) is 7.46. The highest BCUT2D eigenvalue weighted by atomic mass is 32.1. The molecule has 2 aromatic rings. The number of amides is 2. The van der Waals surface area contributed by atoms with Gasteiger partial charge in [-0.05, 0) is 63.6 Å². The molecule has 0 saturated heterocycles. The molecular weight excluding hydrogens is 358 g/mol. The van der Waals surface area contributed by atoms with Crippen LogP contribution in [0.15, 0.2) is 29.4 Å². The average molecular weight is 384 g/mol. The number of nitrogens with one attached hydrogen (secondary N) is 2. The van der Waals surface area contributed by atoms with Gasteiger partial charge in [0.15, 0.2) is 0 Å². The van der Waals surface area contributed by atoms with E-state index in [2.05, 4.69) is 15.8 Å². The monoisotopic (exact) mass is 383 g/mol. The normalized spacial score (nSPS) is 13.3. The Bertz CT molecular complexity index is 895. The quantitative estimate of drug-likeness (QED) is 0.456. The van der Waals surface area contributed by atoms with Crippen LogP contribution >= 0.6 is 11.3 Å². The fourth-order valence-corrected chi connectivity index (χ4v) is 4.57. The van der Waals surface area contributed by atoms with E-state index in [1.54, 1.807) is 6.07 Å². The fourth-order valence-electron chi connectivity index (χ4n) is 3.29. The van der Waals surface area contributed by atoms with Crippen molar-refractivity contribution in [2.75, 3.05) is 5.32 Å². The van der Waals surface area contributed by atoms with Crippen LogP contribution in [0.4, 0.5) is 5.00 Å². The Morgan fingerprint density at radius 1 is 1.04 bits per heavy atom. The van der Waals surface area contributed by atoms with E-state index < -0.39 is 0 Å². The zero-order valence-corrected chi connectivity index (χ0v) is 16.8. The van der Waals surface area contributed by atoms with Gasteiger partial charge in [0.25, 0.3) is 11.8 Å². The first kappa shape index (κ1) is 19.3. The maximum Gasteiger partial charge on any atom is 0.274 e. The molecule has 0 atom stereocenters. The summed E-state index contributed by atoms with van der Waals surface area (Å²) < 4.78 is 0. The maximum absolute atomic E-state index is 12.8. The molecule has 6 heteroatoms. The third-order valence-electron chi connectivity index (χ3n) is 4.65. The second kappa shape index (κ2) is 8.48. The number of aryl methyl sites for hydroxylation is 2. The first-order valence-corrected chi connectivity index (χ1v) is 10.1.